The van der Waals surface area contributed by atoms with Gasteiger partial charge in [-0.15, -0.1) is 0 Å². The van der Waals surface area contributed by atoms with E-state index in [1.54, 1.807) is 18.2 Å². The van der Waals surface area contributed by atoms with E-state index in [1.165, 1.54) is 56.3 Å². The fourth-order valence-corrected chi connectivity index (χ4v) is 3.85. The van der Waals surface area contributed by atoms with Crippen LogP contribution < -0.4 is 0 Å². The van der Waals surface area contributed by atoms with Crippen molar-refractivity contribution in [3.05, 3.63) is 70.8 Å². The Bertz CT molecular complexity index is 1060. The van der Waals surface area contributed by atoms with Gasteiger partial charge in [-0.3, -0.25) is 0 Å². The van der Waals surface area contributed by atoms with Crippen LogP contribution in [0, 0.1) is 0 Å². The largest absolute Gasteiger partial charge is 0.478 e. The van der Waals surface area contributed by atoms with E-state index < -0.39 is 21.8 Å². The maximum Gasteiger partial charge on any atom is 0.331 e. The van der Waals surface area contributed by atoms with E-state index in [-0.39, 0.29) is 26.5 Å². The van der Waals surface area contributed by atoms with Gasteiger partial charge in [-0.1, -0.05) is 30.3 Å². The van der Waals surface area contributed by atoms with Crippen molar-refractivity contribution in [3.8, 4) is 0 Å². The van der Waals surface area contributed by atoms with Crippen molar-refractivity contribution < 1.29 is 28.2 Å². The summed E-state index contributed by atoms with van der Waals surface area (Å²) < 4.78 is 26.1. The summed E-state index contributed by atoms with van der Waals surface area (Å²) in [5.41, 5.74) is 0.780. The van der Waals surface area contributed by atoms with Crippen molar-refractivity contribution in [1.82, 2.24) is 0 Å². The number of rotatable bonds is 6. The highest BCUT2D eigenvalue weighted by Crippen LogP contribution is 2.27. The lowest BCUT2D eigenvalue weighted by Crippen LogP contribution is -2.05. The third-order valence-corrected chi connectivity index (χ3v) is 5.63. The second kappa shape index (κ2) is 8.01. The smallest absolute Gasteiger partial charge is 0.331 e. The molecule has 0 heterocycles. The van der Waals surface area contributed by atoms with E-state index >= 15 is 0 Å². The summed E-state index contributed by atoms with van der Waals surface area (Å²) in [7, 11) is -3.93. The maximum absolute atomic E-state index is 13.1. The first-order valence-electron chi connectivity index (χ1n) is 7.90. The molecule has 0 radical (unpaired) electrons. The summed E-state index contributed by atoms with van der Waals surface area (Å²) in [6.45, 7) is 2.80. The quantitative estimate of drug-likeness (QED) is 0.736. The van der Waals surface area contributed by atoms with Gasteiger partial charge in [-0.2, -0.15) is 0 Å². The predicted octanol–water partition coefficient (Wildman–Crippen LogP) is 3.50. The highest BCUT2D eigenvalue weighted by Gasteiger charge is 2.21. The number of hydrogen-bond acceptors (Lipinski definition) is 4. The van der Waals surface area contributed by atoms with Crippen molar-refractivity contribution in [1.29, 1.82) is 0 Å². The van der Waals surface area contributed by atoms with E-state index in [9.17, 15) is 18.0 Å². The number of carbonyl (C=O) groups is 2. The normalized spacial score (nSPS) is 12.7. The molecule has 0 fully saturated rings. The SMILES string of the molecule is CC(=Cc1cccc(S(=O)(=O)c2ccccc2C=C(C)C(=O)O)c1)C(=O)O. The molecule has 0 bridgehead atoms. The molecule has 0 aliphatic heterocycles. The highest BCUT2D eigenvalue weighted by atomic mass is 32.2. The molecule has 0 aromatic heterocycles. The van der Waals surface area contributed by atoms with Crippen LogP contribution in [0.3, 0.4) is 0 Å². The first-order valence-corrected chi connectivity index (χ1v) is 9.38. The average Bonchev–Trinajstić information content (AvgIpc) is 2.62. The molecule has 27 heavy (non-hydrogen) atoms. The van der Waals surface area contributed by atoms with Gasteiger partial charge in [-0.25, -0.2) is 18.0 Å². The lowest BCUT2D eigenvalue weighted by molar-refractivity contribution is -0.133. The van der Waals surface area contributed by atoms with Crippen molar-refractivity contribution >= 4 is 33.9 Å². The van der Waals surface area contributed by atoms with Gasteiger partial charge in [0.1, 0.15) is 0 Å². The maximum atomic E-state index is 13.1. The third-order valence-electron chi connectivity index (χ3n) is 3.81. The number of aliphatic carboxylic acids is 2. The van der Waals surface area contributed by atoms with Crippen molar-refractivity contribution in [2.45, 2.75) is 23.6 Å². The van der Waals surface area contributed by atoms with Crippen LogP contribution in [0.15, 0.2) is 69.5 Å². The summed E-state index contributed by atoms with van der Waals surface area (Å²) >= 11 is 0. The molecule has 0 saturated heterocycles. The zero-order valence-electron chi connectivity index (χ0n) is 14.7. The average molecular weight is 386 g/mol. The van der Waals surface area contributed by atoms with E-state index in [2.05, 4.69) is 0 Å². The molecule has 0 spiro atoms. The number of carboxylic acids is 2. The van der Waals surface area contributed by atoms with Crippen molar-refractivity contribution in [2.75, 3.05) is 0 Å². The molecule has 0 aliphatic rings. The molecular weight excluding hydrogens is 368 g/mol. The molecule has 2 aromatic rings. The van der Waals surface area contributed by atoms with Crippen LogP contribution >= 0.6 is 0 Å². The molecule has 6 nitrogen and oxygen atoms in total. The zero-order chi connectivity index (χ0) is 20.2. The summed E-state index contributed by atoms with van der Waals surface area (Å²) in [6.07, 6.45) is 2.68. The highest BCUT2D eigenvalue weighted by molar-refractivity contribution is 7.91. The van der Waals surface area contributed by atoms with Gasteiger partial charge >= 0.3 is 11.9 Å². The van der Waals surface area contributed by atoms with Gasteiger partial charge in [0.2, 0.25) is 9.84 Å². The second-order valence-electron chi connectivity index (χ2n) is 5.88. The molecule has 7 heteroatoms. The van der Waals surface area contributed by atoms with E-state index in [0.29, 0.717) is 5.56 Å². The Balaban J connectivity index is 2.59. The monoisotopic (exact) mass is 386 g/mol. The fourth-order valence-electron chi connectivity index (χ4n) is 2.35. The van der Waals surface area contributed by atoms with E-state index in [4.69, 9.17) is 10.2 Å². The second-order valence-corrected chi connectivity index (χ2v) is 7.80. The number of sulfone groups is 1. The number of benzene rings is 2. The van der Waals surface area contributed by atoms with Gasteiger partial charge < -0.3 is 10.2 Å². The Kier molecular flexibility index (Phi) is 5.97. The number of carboxylic acid groups (broad SMARTS) is 2. The minimum Gasteiger partial charge on any atom is -0.478 e. The Morgan fingerprint density at radius 2 is 1.44 bits per heavy atom. The molecule has 0 atom stereocenters. The fraction of sp³-hybridized carbons (Fsp3) is 0.100. The third kappa shape index (κ3) is 4.71. The molecule has 2 aromatic carbocycles. The lowest BCUT2D eigenvalue weighted by atomic mass is 10.1. The zero-order valence-corrected chi connectivity index (χ0v) is 15.5. The van der Waals surface area contributed by atoms with Crippen LogP contribution in [-0.2, 0) is 19.4 Å². The first kappa shape index (κ1) is 20.1. The molecular formula is C20H18O6S. The standard InChI is InChI=1S/C20H18O6S/c1-13(19(21)22)10-15-6-5-8-17(12-15)27(25,26)18-9-4-3-7-16(18)11-14(2)20(23)24/h3-12H,1-2H3,(H,21,22)(H,23,24). The molecule has 0 amide bonds. The van der Waals surface area contributed by atoms with Gasteiger partial charge in [0.25, 0.3) is 0 Å². The Morgan fingerprint density at radius 1 is 0.852 bits per heavy atom. The van der Waals surface area contributed by atoms with Crippen LogP contribution in [0.1, 0.15) is 25.0 Å². The minimum absolute atomic E-state index is 0.00594. The van der Waals surface area contributed by atoms with Gasteiger partial charge in [-0.05, 0) is 55.3 Å². The number of hydrogen-bond donors (Lipinski definition) is 2. The van der Waals surface area contributed by atoms with Crippen LogP contribution in [0.2, 0.25) is 0 Å². The topological polar surface area (TPSA) is 109 Å². The Hall–Kier alpha value is -3.19. The van der Waals surface area contributed by atoms with Gasteiger partial charge in [0, 0.05) is 11.1 Å². The van der Waals surface area contributed by atoms with Crippen LogP contribution in [0.25, 0.3) is 12.2 Å². The molecule has 140 valence electrons. The van der Waals surface area contributed by atoms with E-state index in [0.717, 1.165) is 0 Å². The predicted molar refractivity (Wildman–Crippen MR) is 101 cm³/mol. The molecule has 2 N–H and O–H groups in total. The molecule has 0 saturated carbocycles. The summed E-state index contributed by atoms with van der Waals surface area (Å²) in [5.74, 6) is -2.23. The van der Waals surface area contributed by atoms with Crippen LogP contribution in [0.4, 0.5) is 0 Å². The van der Waals surface area contributed by atoms with Crippen molar-refractivity contribution in [3.63, 3.8) is 0 Å². The van der Waals surface area contributed by atoms with Gasteiger partial charge in [0.15, 0.2) is 0 Å². The Morgan fingerprint density at radius 3 is 2.07 bits per heavy atom. The lowest BCUT2D eigenvalue weighted by Gasteiger charge is -2.09. The van der Waals surface area contributed by atoms with E-state index in [1.807, 2.05) is 0 Å². The minimum atomic E-state index is -3.93. The Labute approximate surface area is 157 Å². The van der Waals surface area contributed by atoms with Crippen LogP contribution in [-0.4, -0.2) is 30.6 Å². The summed E-state index contributed by atoms with van der Waals surface area (Å²) in [6, 6.07) is 12.0. The molecule has 0 aliphatic carbocycles. The summed E-state index contributed by atoms with van der Waals surface area (Å²) in [4.78, 5) is 22.0. The summed E-state index contributed by atoms with van der Waals surface area (Å²) in [5, 5.41) is 18.0. The van der Waals surface area contributed by atoms with Crippen LogP contribution in [0.5, 0.6) is 0 Å². The first-order chi connectivity index (χ1) is 12.6. The molecule has 2 rings (SSSR count). The van der Waals surface area contributed by atoms with Crippen molar-refractivity contribution in [2.24, 2.45) is 0 Å². The molecule has 0 unspecified atom stereocenters. The van der Waals surface area contributed by atoms with Gasteiger partial charge in [0.05, 0.1) is 9.79 Å².